The lowest BCUT2D eigenvalue weighted by Crippen LogP contribution is -1.99. The topological polar surface area (TPSA) is 37.3 Å². The summed E-state index contributed by atoms with van der Waals surface area (Å²) in [5.41, 5.74) is 2.19. The van der Waals surface area contributed by atoms with E-state index in [1.807, 2.05) is 19.9 Å². The van der Waals surface area contributed by atoms with E-state index in [9.17, 15) is 9.90 Å². The Hall–Kier alpha value is -1.31. The summed E-state index contributed by atoms with van der Waals surface area (Å²) in [5.74, 6) is 0.544. The molecule has 1 aromatic carbocycles. The Morgan fingerprint density at radius 1 is 1.43 bits per heavy atom. The van der Waals surface area contributed by atoms with Crippen molar-refractivity contribution in [1.82, 2.24) is 0 Å². The molecule has 2 heteroatoms. The number of rotatable bonds is 4. The zero-order chi connectivity index (χ0) is 10.6. The van der Waals surface area contributed by atoms with Gasteiger partial charge in [-0.15, -0.1) is 0 Å². The van der Waals surface area contributed by atoms with E-state index in [-0.39, 0.29) is 11.5 Å². The van der Waals surface area contributed by atoms with Crippen LogP contribution in [0.1, 0.15) is 30.9 Å². The predicted molar refractivity (Wildman–Crippen MR) is 56.5 cm³/mol. The standard InChI is InChI=1S/C12H16O2/c1-3-11(13)7-5-10-8-12(14)6-4-9(10)2/h4,6,8,14H,3,5,7H2,1-2H3. The summed E-state index contributed by atoms with van der Waals surface area (Å²) in [6, 6.07) is 5.28. The zero-order valence-corrected chi connectivity index (χ0v) is 8.71. The Morgan fingerprint density at radius 3 is 2.79 bits per heavy atom. The monoisotopic (exact) mass is 192 g/mol. The van der Waals surface area contributed by atoms with Crippen molar-refractivity contribution in [3.8, 4) is 5.75 Å². The van der Waals surface area contributed by atoms with Gasteiger partial charge in [0, 0.05) is 12.8 Å². The first-order chi connectivity index (χ1) is 6.63. The normalized spacial score (nSPS) is 10.1. The molecule has 0 saturated heterocycles. The van der Waals surface area contributed by atoms with Gasteiger partial charge in [-0.25, -0.2) is 0 Å². The molecule has 0 radical (unpaired) electrons. The van der Waals surface area contributed by atoms with E-state index in [4.69, 9.17) is 0 Å². The molecule has 0 aliphatic rings. The first kappa shape index (κ1) is 10.8. The molecule has 0 unspecified atom stereocenters. The summed E-state index contributed by atoms with van der Waals surface area (Å²) in [5, 5.41) is 9.28. The second-order valence-electron chi connectivity index (χ2n) is 3.50. The highest BCUT2D eigenvalue weighted by atomic mass is 16.3. The second-order valence-corrected chi connectivity index (χ2v) is 3.50. The third-order valence-corrected chi connectivity index (χ3v) is 2.40. The quantitative estimate of drug-likeness (QED) is 0.796. The summed E-state index contributed by atoms with van der Waals surface area (Å²) in [4.78, 5) is 11.1. The maximum absolute atomic E-state index is 11.1. The summed E-state index contributed by atoms with van der Waals surface area (Å²) in [6.07, 6.45) is 1.89. The van der Waals surface area contributed by atoms with Gasteiger partial charge in [0.15, 0.2) is 0 Å². The molecule has 0 amide bonds. The molecule has 0 aromatic heterocycles. The van der Waals surface area contributed by atoms with Crippen molar-refractivity contribution < 1.29 is 9.90 Å². The minimum Gasteiger partial charge on any atom is -0.508 e. The molecule has 1 aromatic rings. The highest BCUT2D eigenvalue weighted by Gasteiger charge is 2.03. The molecule has 0 spiro atoms. The fourth-order valence-electron chi connectivity index (χ4n) is 1.38. The molecule has 0 atom stereocenters. The number of ketones is 1. The highest BCUT2D eigenvalue weighted by Crippen LogP contribution is 2.17. The lowest BCUT2D eigenvalue weighted by atomic mass is 10.0. The number of hydrogen-bond acceptors (Lipinski definition) is 2. The zero-order valence-electron chi connectivity index (χ0n) is 8.71. The van der Waals surface area contributed by atoms with Crippen molar-refractivity contribution in [2.24, 2.45) is 0 Å². The Bertz CT molecular complexity index is 329. The van der Waals surface area contributed by atoms with Crippen LogP contribution in [0, 0.1) is 6.92 Å². The van der Waals surface area contributed by atoms with E-state index in [1.165, 1.54) is 0 Å². The number of aromatic hydroxyl groups is 1. The van der Waals surface area contributed by atoms with E-state index in [0.717, 1.165) is 17.5 Å². The second kappa shape index (κ2) is 4.80. The van der Waals surface area contributed by atoms with Gasteiger partial charge in [0.05, 0.1) is 0 Å². The van der Waals surface area contributed by atoms with E-state index in [0.29, 0.717) is 12.8 Å². The molecule has 0 aliphatic carbocycles. The van der Waals surface area contributed by atoms with Crippen LogP contribution in [-0.4, -0.2) is 10.9 Å². The van der Waals surface area contributed by atoms with Crippen LogP contribution >= 0.6 is 0 Å². The number of carbonyl (C=O) groups is 1. The van der Waals surface area contributed by atoms with Gasteiger partial charge in [0.1, 0.15) is 11.5 Å². The molecule has 1 N–H and O–H groups in total. The first-order valence-corrected chi connectivity index (χ1v) is 4.93. The summed E-state index contributed by atoms with van der Waals surface area (Å²) in [6.45, 7) is 3.86. The molecular weight excluding hydrogens is 176 g/mol. The maximum atomic E-state index is 11.1. The number of phenolic OH excluding ortho intramolecular Hbond substituents is 1. The van der Waals surface area contributed by atoms with Gasteiger partial charge >= 0.3 is 0 Å². The maximum Gasteiger partial charge on any atom is 0.132 e. The van der Waals surface area contributed by atoms with Crippen molar-refractivity contribution in [2.45, 2.75) is 33.1 Å². The Morgan fingerprint density at radius 2 is 2.14 bits per heavy atom. The average molecular weight is 192 g/mol. The van der Waals surface area contributed by atoms with Crippen LogP contribution in [-0.2, 0) is 11.2 Å². The first-order valence-electron chi connectivity index (χ1n) is 4.93. The molecule has 0 heterocycles. The number of benzene rings is 1. The summed E-state index contributed by atoms with van der Waals surface area (Å²) in [7, 11) is 0. The SMILES string of the molecule is CCC(=O)CCc1cc(O)ccc1C. The van der Waals surface area contributed by atoms with Crippen LogP contribution in [0.4, 0.5) is 0 Å². The van der Waals surface area contributed by atoms with Gasteiger partial charge < -0.3 is 5.11 Å². The number of Topliss-reactive ketones (excluding diaryl/α,β-unsaturated/α-hetero) is 1. The van der Waals surface area contributed by atoms with Crippen LogP contribution in [0.2, 0.25) is 0 Å². The molecule has 2 nitrogen and oxygen atoms in total. The number of phenols is 1. The van der Waals surface area contributed by atoms with Crippen molar-refractivity contribution >= 4 is 5.78 Å². The van der Waals surface area contributed by atoms with E-state index in [2.05, 4.69) is 0 Å². The van der Waals surface area contributed by atoms with Crippen LogP contribution in [0.3, 0.4) is 0 Å². The van der Waals surface area contributed by atoms with Crippen LogP contribution in [0.5, 0.6) is 5.75 Å². The van der Waals surface area contributed by atoms with Gasteiger partial charge in [-0.1, -0.05) is 13.0 Å². The lowest BCUT2D eigenvalue weighted by Gasteiger charge is -2.05. The van der Waals surface area contributed by atoms with Gasteiger partial charge in [-0.05, 0) is 36.6 Å². The molecule has 76 valence electrons. The minimum absolute atomic E-state index is 0.271. The van der Waals surface area contributed by atoms with E-state index >= 15 is 0 Å². The van der Waals surface area contributed by atoms with Crippen molar-refractivity contribution in [3.05, 3.63) is 29.3 Å². The third kappa shape index (κ3) is 2.87. The van der Waals surface area contributed by atoms with Crippen LogP contribution < -0.4 is 0 Å². The molecular formula is C12H16O2. The largest absolute Gasteiger partial charge is 0.508 e. The molecule has 0 fully saturated rings. The molecule has 0 saturated carbocycles. The Kier molecular flexibility index (Phi) is 3.69. The predicted octanol–water partition coefficient (Wildman–Crippen LogP) is 2.61. The molecule has 1 rings (SSSR count). The van der Waals surface area contributed by atoms with Gasteiger partial charge in [0.25, 0.3) is 0 Å². The molecule has 0 aliphatic heterocycles. The highest BCUT2D eigenvalue weighted by molar-refractivity contribution is 5.78. The number of aryl methyl sites for hydroxylation is 2. The van der Waals surface area contributed by atoms with Crippen molar-refractivity contribution in [2.75, 3.05) is 0 Å². The van der Waals surface area contributed by atoms with Crippen LogP contribution in [0.15, 0.2) is 18.2 Å². The number of hydrogen-bond donors (Lipinski definition) is 1. The lowest BCUT2D eigenvalue weighted by molar-refractivity contribution is -0.118. The van der Waals surface area contributed by atoms with Gasteiger partial charge in [-0.2, -0.15) is 0 Å². The van der Waals surface area contributed by atoms with Crippen molar-refractivity contribution in [3.63, 3.8) is 0 Å². The minimum atomic E-state index is 0.271. The van der Waals surface area contributed by atoms with Gasteiger partial charge in [0.2, 0.25) is 0 Å². The molecule has 0 bridgehead atoms. The smallest absolute Gasteiger partial charge is 0.132 e. The van der Waals surface area contributed by atoms with Crippen molar-refractivity contribution in [1.29, 1.82) is 0 Å². The van der Waals surface area contributed by atoms with E-state index < -0.39 is 0 Å². The average Bonchev–Trinajstić information content (AvgIpc) is 2.19. The van der Waals surface area contributed by atoms with Gasteiger partial charge in [-0.3, -0.25) is 4.79 Å². The Balaban J connectivity index is 2.66. The fourth-order valence-corrected chi connectivity index (χ4v) is 1.38. The van der Waals surface area contributed by atoms with E-state index in [1.54, 1.807) is 12.1 Å². The Labute approximate surface area is 84.6 Å². The third-order valence-electron chi connectivity index (χ3n) is 2.40. The summed E-state index contributed by atoms with van der Waals surface area (Å²) < 4.78 is 0. The molecule has 14 heavy (non-hydrogen) atoms. The van der Waals surface area contributed by atoms with Crippen LogP contribution in [0.25, 0.3) is 0 Å². The number of carbonyl (C=O) groups excluding carboxylic acids is 1. The fraction of sp³-hybridized carbons (Fsp3) is 0.417. The summed E-state index contributed by atoms with van der Waals surface area (Å²) >= 11 is 0.